The van der Waals surface area contributed by atoms with Crippen LogP contribution in [0.5, 0.6) is 0 Å². The number of hydrogen-bond acceptors (Lipinski definition) is 8. The van der Waals surface area contributed by atoms with Gasteiger partial charge in [-0.05, 0) is 46.8 Å². The van der Waals surface area contributed by atoms with Gasteiger partial charge >= 0.3 is 11.9 Å². The Morgan fingerprint density at radius 1 is 1.13 bits per heavy atom. The van der Waals surface area contributed by atoms with E-state index in [4.69, 9.17) is 9.47 Å². The molecule has 0 saturated carbocycles. The molecule has 1 fully saturated rings. The summed E-state index contributed by atoms with van der Waals surface area (Å²) in [4.78, 5) is 52.6. The molecule has 2 aliphatic rings. The van der Waals surface area contributed by atoms with E-state index in [1.165, 1.54) is 18.9 Å². The SMILES string of the molecule is COC(=O)C1NC(C(C(=O)OC(C)(C)C)N2C(=O)c3ccccc3C2=O)SC1(C)C. The number of nitrogens with one attached hydrogen (secondary N) is 1. The molecular weight excluding hydrogens is 408 g/mol. The van der Waals surface area contributed by atoms with Crippen LogP contribution in [-0.4, -0.2) is 63.6 Å². The van der Waals surface area contributed by atoms with Crippen LogP contribution in [0, 0.1) is 0 Å². The lowest BCUT2D eigenvalue weighted by Gasteiger charge is -2.32. The van der Waals surface area contributed by atoms with Gasteiger partial charge in [-0.1, -0.05) is 12.1 Å². The highest BCUT2D eigenvalue weighted by molar-refractivity contribution is 8.01. The van der Waals surface area contributed by atoms with E-state index in [9.17, 15) is 19.2 Å². The van der Waals surface area contributed by atoms with Crippen molar-refractivity contribution in [1.29, 1.82) is 0 Å². The summed E-state index contributed by atoms with van der Waals surface area (Å²) in [6, 6.07) is 4.45. The normalized spacial score (nSPS) is 23.9. The monoisotopic (exact) mass is 434 g/mol. The Kier molecular flexibility index (Phi) is 5.72. The molecule has 1 aromatic carbocycles. The number of rotatable bonds is 4. The minimum atomic E-state index is -1.25. The number of amides is 2. The third-order valence-corrected chi connectivity index (χ3v) is 6.42. The molecule has 1 N–H and O–H groups in total. The Morgan fingerprint density at radius 2 is 1.67 bits per heavy atom. The maximum absolute atomic E-state index is 13.2. The fourth-order valence-electron chi connectivity index (χ4n) is 3.61. The predicted molar refractivity (Wildman–Crippen MR) is 111 cm³/mol. The lowest BCUT2D eigenvalue weighted by atomic mass is 10.0. The molecule has 162 valence electrons. The zero-order valence-electron chi connectivity index (χ0n) is 17.8. The van der Waals surface area contributed by atoms with Gasteiger partial charge in [0.05, 0.1) is 23.6 Å². The minimum absolute atomic E-state index is 0.239. The Balaban J connectivity index is 2.01. The second-order valence-electron chi connectivity index (χ2n) is 8.77. The number of imide groups is 1. The van der Waals surface area contributed by atoms with Crippen LogP contribution in [0.4, 0.5) is 0 Å². The average Bonchev–Trinajstić information content (AvgIpc) is 3.09. The summed E-state index contributed by atoms with van der Waals surface area (Å²) in [5.74, 6) is -2.33. The molecule has 2 aliphatic heterocycles. The number of carbonyl (C=O) groups excluding carboxylic acids is 4. The molecule has 0 spiro atoms. The van der Waals surface area contributed by atoms with E-state index in [-0.39, 0.29) is 11.1 Å². The summed E-state index contributed by atoms with van der Waals surface area (Å²) in [5, 5.41) is 2.34. The van der Waals surface area contributed by atoms with E-state index in [2.05, 4.69) is 5.32 Å². The van der Waals surface area contributed by atoms with Gasteiger partial charge in [0.2, 0.25) is 0 Å². The molecular formula is C21H26N2O6S. The second-order valence-corrected chi connectivity index (χ2v) is 10.6. The van der Waals surface area contributed by atoms with Gasteiger partial charge in [0.1, 0.15) is 11.6 Å². The van der Waals surface area contributed by atoms with Crippen molar-refractivity contribution >= 4 is 35.5 Å². The largest absolute Gasteiger partial charge is 0.468 e. The second kappa shape index (κ2) is 7.70. The first-order chi connectivity index (χ1) is 13.9. The summed E-state index contributed by atoms with van der Waals surface area (Å²) in [5.41, 5.74) is -0.347. The zero-order valence-corrected chi connectivity index (χ0v) is 18.7. The Morgan fingerprint density at radius 3 is 2.13 bits per heavy atom. The van der Waals surface area contributed by atoms with Gasteiger partial charge in [0.25, 0.3) is 11.8 Å². The van der Waals surface area contributed by atoms with Crippen molar-refractivity contribution in [2.24, 2.45) is 0 Å². The van der Waals surface area contributed by atoms with E-state index in [1.807, 2.05) is 13.8 Å². The molecule has 1 aromatic rings. The molecule has 0 aromatic heterocycles. The minimum Gasteiger partial charge on any atom is -0.468 e. The molecule has 8 nitrogen and oxygen atoms in total. The van der Waals surface area contributed by atoms with Crippen LogP contribution in [0.15, 0.2) is 24.3 Å². The number of methoxy groups -OCH3 is 1. The van der Waals surface area contributed by atoms with E-state index < -0.39 is 51.6 Å². The third kappa shape index (κ3) is 3.96. The Hall–Kier alpha value is -2.39. The first-order valence-corrected chi connectivity index (χ1v) is 10.5. The standard InChI is InChI=1S/C21H26N2O6S/c1-20(2,3)29-18(26)13(15-22-14(19(27)28-6)21(4,5)30-15)23-16(24)11-9-7-8-10-12(11)17(23)25/h7-10,13-15,22H,1-6H3. The van der Waals surface area contributed by atoms with Crippen molar-refractivity contribution in [3.8, 4) is 0 Å². The van der Waals surface area contributed by atoms with Gasteiger partial charge in [0.15, 0.2) is 6.04 Å². The van der Waals surface area contributed by atoms with Crippen LogP contribution in [-0.2, 0) is 19.1 Å². The predicted octanol–water partition coefficient (Wildman–Crippen LogP) is 1.98. The fraction of sp³-hybridized carbons (Fsp3) is 0.524. The Labute approximate surface area is 179 Å². The maximum Gasteiger partial charge on any atom is 0.332 e. The maximum atomic E-state index is 13.2. The molecule has 9 heteroatoms. The molecule has 2 heterocycles. The van der Waals surface area contributed by atoms with Crippen molar-refractivity contribution in [3.05, 3.63) is 35.4 Å². The van der Waals surface area contributed by atoms with E-state index in [0.29, 0.717) is 0 Å². The van der Waals surface area contributed by atoms with Crippen LogP contribution in [0.2, 0.25) is 0 Å². The summed E-state index contributed by atoms with van der Waals surface area (Å²) in [7, 11) is 1.29. The van der Waals surface area contributed by atoms with E-state index >= 15 is 0 Å². The van der Waals surface area contributed by atoms with Gasteiger partial charge in [0, 0.05) is 4.75 Å². The van der Waals surface area contributed by atoms with Crippen LogP contribution < -0.4 is 5.32 Å². The highest BCUT2D eigenvalue weighted by atomic mass is 32.2. The average molecular weight is 435 g/mol. The molecule has 3 atom stereocenters. The molecule has 1 saturated heterocycles. The summed E-state index contributed by atoms with van der Waals surface area (Å²) in [6.07, 6.45) is 0. The van der Waals surface area contributed by atoms with Crippen molar-refractivity contribution in [1.82, 2.24) is 10.2 Å². The number of benzene rings is 1. The van der Waals surface area contributed by atoms with Crippen LogP contribution in [0.1, 0.15) is 55.3 Å². The van der Waals surface area contributed by atoms with Gasteiger partial charge in [-0.3, -0.25) is 24.6 Å². The highest BCUT2D eigenvalue weighted by Crippen LogP contribution is 2.42. The summed E-state index contributed by atoms with van der Waals surface area (Å²) in [6.45, 7) is 8.80. The number of fused-ring (bicyclic) bond motifs is 1. The smallest absolute Gasteiger partial charge is 0.332 e. The lowest BCUT2D eigenvalue weighted by molar-refractivity contribution is -0.160. The summed E-state index contributed by atoms with van der Waals surface area (Å²) < 4.78 is 9.79. The highest BCUT2D eigenvalue weighted by Gasteiger charge is 2.55. The summed E-state index contributed by atoms with van der Waals surface area (Å²) >= 11 is 1.29. The molecule has 0 radical (unpaired) electrons. The molecule has 0 aliphatic carbocycles. The van der Waals surface area contributed by atoms with E-state index in [0.717, 1.165) is 4.90 Å². The molecule has 3 rings (SSSR count). The van der Waals surface area contributed by atoms with Gasteiger partial charge in [-0.15, -0.1) is 11.8 Å². The van der Waals surface area contributed by atoms with Crippen LogP contribution >= 0.6 is 11.8 Å². The number of ether oxygens (including phenoxy) is 2. The van der Waals surface area contributed by atoms with Crippen LogP contribution in [0.25, 0.3) is 0 Å². The number of nitrogens with zero attached hydrogens (tertiary/aromatic N) is 1. The quantitative estimate of drug-likeness (QED) is 0.567. The molecule has 30 heavy (non-hydrogen) atoms. The number of thioether (sulfide) groups is 1. The first-order valence-electron chi connectivity index (χ1n) is 9.59. The number of hydrogen-bond donors (Lipinski definition) is 1. The third-order valence-electron chi connectivity index (χ3n) is 4.93. The number of carbonyl (C=O) groups is 4. The first kappa shape index (κ1) is 22.3. The van der Waals surface area contributed by atoms with Crippen molar-refractivity contribution in [2.75, 3.05) is 7.11 Å². The number of esters is 2. The van der Waals surface area contributed by atoms with Gasteiger partial charge in [-0.2, -0.15) is 0 Å². The van der Waals surface area contributed by atoms with Crippen LogP contribution in [0.3, 0.4) is 0 Å². The van der Waals surface area contributed by atoms with Crippen molar-refractivity contribution < 1.29 is 28.7 Å². The molecule has 0 bridgehead atoms. The van der Waals surface area contributed by atoms with Gasteiger partial charge in [-0.25, -0.2) is 4.79 Å². The van der Waals surface area contributed by atoms with Gasteiger partial charge < -0.3 is 9.47 Å². The topological polar surface area (TPSA) is 102 Å². The Bertz CT molecular complexity index is 872. The fourth-order valence-corrected chi connectivity index (χ4v) is 5.13. The van der Waals surface area contributed by atoms with Crippen molar-refractivity contribution in [2.45, 2.75) is 62.4 Å². The van der Waals surface area contributed by atoms with Crippen molar-refractivity contribution in [3.63, 3.8) is 0 Å². The molecule has 3 unspecified atom stereocenters. The lowest BCUT2D eigenvalue weighted by Crippen LogP contribution is -2.57. The zero-order chi connectivity index (χ0) is 22.4. The molecule has 2 amide bonds. The van der Waals surface area contributed by atoms with E-state index in [1.54, 1.807) is 45.0 Å².